The predicted molar refractivity (Wildman–Crippen MR) is 129 cm³/mol. The first-order valence-corrected chi connectivity index (χ1v) is 11.2. The van der Waals surface area contributed by atoms with Gasteiger partial charge in [0.15, 0.2) is 0 Å². The topological polar surface area (TPSA) is 54.4 Å². The summed E-state index contributed by atoms with van der Waals surface area (Å²) >= 11 is 0. The predicted octanol–water partition coefficient (Wildman–Crippen LogP) is 5.30. The van der Waals surface area contributed by atoms with Crippen LogP contribution < -0.4 is 14.5 Å². The zero-order valence-corrected chi connectivity index (χ0v) is 19.3. The Hall–Kier alpha value is -3.15. The summed E-state index contributed by atoms with van der Waals surface area (Å²) in [5, 5.41) is 8.68. The van der Waals surface area contributed by atoms with Gasteiger partial charge in [0.2, 0.25) is 0 Å². The smallest absolute Gasteiger partial charge is 0.336 e. The van der Waals surface area contributed by atoms with Crippen LogP contribution in [-0.4, -0.2) is 48.0 Å². The number of hydrogen-bond donors (Lipinski definition) is 0. The molecule has 0 saturated heterocycles. The van der Waals surface area contributed by atoms with Crippen LogP contribution in [0.1, 0.15) is 34.6 Å². The van der Waals surface area contributed by atoms with E-state index in [9.17, 15) is 0 Å². The Labute approximate surface area is 185 Å². The highest BCUT2D eigenvalue weighted by molar-refractivity contribution is 5.79. The zero-order chi connectivity index (χ0) is 22.2. The van der Waals surface area contributed by atoms with Gasteiger partial charge in [-0.3, -0.25) is 0 Å². The summed E-state index contributed by atoms with van der Waals surface area (Å²) in [7, 11) is 0. The maximum absolute atomic E-state index is 5.54. The van der Waals surface area contributed by atoms with E-state index in [1.165, 1.54) is 11.4 Å². The zero-order valence-electron chi connectivity index (χ0n) is 19.3. The summed E-state index contributed by atoms with van der Waals surface area (Å²) in [6.45, 7) is 15.0. The van der Waals surface area contributed by atoms with Gasteiger partial charge in [0, 0.05) is 48.7 Å². The Balaban J connectivity index is 2.02. The minimum absolute atomic E-state index is 0.300. The van der Waals surface area contributed by atoms with E-state index in [1.54, 1.807) is 0 Å². The van der Waals surface area contributed by atoms with Crippen LogP contribution in [0.5, 0.6) is 6.01 Å². The molecule has 6 heteroatoms. The van der Waals surface area contributed by atoms with Gasteiger partial charge in [-0.15, -0.1) is 5.10 Å². The SMILES string of the molecule is CCOc1nnc(-c2ccc(N(CC)CC)cc2)c(-c2ccc(N(CC)CC)cc2)n1. The van der Waals surface area contributed by atoms with Crippen molar-refractivity contribution in [2.75, 3.05) is 42.6 Å². The monoisotopic (exact) mass is 419 g/mol. The van der Waals surface area contributed by atoms with Crippen LogP contribution >= 0.6 is 0 Å². The van der Waals surface area contributed by atoms with Gasteiger partial charge in [-0.1, -0.05) is 29.4 Å². The van der Waals surface area contributed by atoms with Gasteiger partial charge in [0.25, 0.3) is 0 Å². The molecule has 0 aliphatic heterocycles. The fourth-order valence-electron chi connectivity index (χ4n) is 3.73. The number of rotatable bonds is 10. The van der Waals surface area contributed by atoms with Gasteiger partial charge < -0.3 is 14.5 Å². The van der Waals surface area contributed by atoms with E-state index in [-0.39, 0.29) is 0 Å². The first kappa shape index (κ1) is 22.5. The number of ether oxygens (including phenoxy) is 1. The first-order chi connectivity index (χ1) is 15.1. The molecule has 0 fully saturated rings. The molecule has 164 valence electrons. The van der Waals surface area contributed by atoms with E-state index in [1.807, 2.05) is 6.92 Å². The quantitative estimate of drug-likeness (QED) is 0.445. The van der Waals surface area contributed by atoms with Crippen LogP contribution in [0.3, 0.4) is 0 Å². The summed E-state index contributed by atoms with van der Waals surface area (Å²) in [5.41, 5.74) is 5.92. The lowest BCUT2D eigenvalue weighted by Gasteiger charge is -2.21. The van der Waals surface area contributed by atoms with E-state index in [0.29, 0.717) is 12.6 Å². The maximum atomic E-state index is 5.54. The maximum Gasteiger partial charge on any atom is 0.336 e. The lowest BCUT2D eigenvalue weighted by atomic mass is 10.0. The van der Waals surface area contributed by atoms with Crippen molar-refractivity contribution in [3.05, 3.63) is 48.5 Å². The lowest BCUT2D eigenvalue weighted by Crippen LogP contribution is -2.21. The van der Waals surface area contributed by atoms with E-state index < -0.39 is 0 Å². The molecular weight excluding hydrogens is 386 g/mol. The molecule has 1 aromatic heterocycles. The van der Waals surface area contributed by atoms with Crippen molar-refractivity contribution in [2.45, 2.75) is 34.6 Å². The number of anilines is 2. The molecule has 3 rings (SSSR count). The second kappa shape index (κ2) is 10.8. The van der Waals surface area contributed by atoms with Crippen LogP contribution in [0.4, 0.5) is 11.4 Å². The third-order valence-electron chi connectivity index (χ3n) is 5.48. The van der Waals surface area contributed by atoms with Crippen molar-refractivity contribution < 1.29 is 4.74 Å². The minimum Gasteiger partial charge on any atom is -0.463 e. The molecule has 6 nitrogen and oxygen atoms in total. The van der Waals surface area contributed by atoms with Crippen LogP contribution in [-0.2, 0) is 0 Å². The van der Waals surface area contributed by atoms with Crippen molar-refractivity contribution in [1.29, 1.82) is 0 Å². The van der Waals surface area contributed by atoms with Crippen LogP contribution in [0.15, 0.2) is 48.5 Å². The molecule has 3 aromatic rings. The van der Waals surface area contributed by atoms with Crippen LogP contribution in [0.25, 0.3) is 22.5 Å². The van der Waals surface area contributed by atoms with E-state index in [4.69, 9.17) is 9.72 Å². The van der Waals surface area contributed by atoms with Crippen molar-refractivity contribution >= 4 is 11.4 Å². The van der Waals surface area contributed by atoms with E-state index in [2.05, 4.69) is 96.2 Å². The van der Waals surface area contributed by atoms with E-state index in [0.717, 1.165) is 48.7 Å². The summed E-state index contributed by atoms with van der Waals surface area (Å²) < 4.78 is 5.54. The van der Waals surface area contributed by atoms with Crippen molar-refractivity contribution in [2.24, 2.45) is 0 Å². The Morgan fingerprint density at radius 1 is 0.613 bits per heavy atom. The molecule has 0 saturated carbocycles. The molecule has 0 atom stereocenters. The number of aromatic nitrogens is 3. The highest BCUT2D eigenvalue weighted by atomic mass is 16.5. The third kappa shape index (κ3) is 5.13. The van der Waals surface area contributed by atoms with Crippen molar-refractivity contribution in [1.82, 2.24) is 15.2 Å². The normalized spacial score (nSPS) is 10.7. The minimum atomic E-state index is 0.300. The highest BCUT2D eigenvalue weighted by Gasteiger charge is 2.15. The standard InChI is InChI=1S/C25H33N5O/c1-6-29(7-2)21-15-11-19(12-16-21)23-24(27-28-25(26-23)31-10-5)20-13-17-22(18-14-20)30(8-3)9-4/h11-18H,6-10H2,1-5H3. The fourth-order valence-corrected chi connectivity index (χ4v) is 3.73. The molecule has 2 aromatic carbocycles. The van der Waals surface area contributed by atoms with Gasteiger partial charge in [0.1, 0.15) is 11.4 Å². The molecule has 0 aliphatic rings. The Morgan fingerprint density at radius 3 is 1.48 bits per heavy atom. The summed E-state index contributed by atoms with van der Waals surface area (Å²) in [4.78, 5) is 9.33. The molecule has 0 unspecified atom stereocenters. The number of benzene rings is 2. The first-order valence-electron chi connectivity index (χ1n) is 11.2. The summed E-state index contributed by atoms with van der Waals surface area (Å²) in [6, 6.07) is 17.2. The second-order valence-electron chi connectivity index (χ2n) is 7.16. The molecule has 31 heavy (non-hydrogen) atoms. The Kier molecular flexibility index (Phi) is 7.82. The number of hydrogen-bond acceptors (Lipinski definition) is 6. The van der Waals surface area contributed by atoms with Gasteiger partial charge >= 0.3 is 6.01 Å². The van der Waals surface area contributed by atoms with Crippen molar-refractivity contribution in [3.63, 3.8) is 0 Å². The molecule has 1 heterocycles. The molecule has 0 spiro atoms. The third-order valence-corrected chi connectivity index (χ3v) is 5.48. The number of nitrogens with zero attached hydrogens (tertiary/aromatic N) is 5. The Morgan fingerprint density at radius 2 is 1.06 bits per heavy atom. The molecular formula is C25H33N5O. The van der Waals surface area contributed by atoms with Gasteiger partial charge in [-0.25, -0.2) is 0 Å². The average Bonchev–Trinajstić information content (AvgIpc) is 2.82. The largest absolute Gasteiger partial charge is 0.463 e. The molecule has 0 aliphatic carbocycles. The average molecular weight is 420 g/mol. The molecule has 0 bridgehead atoms. The molecule has 0 radical (unpaired) electrons. The van der Waals surface area contributed by atoms with Gasteiger partial charge in [-0.05, 0) is 58.9 Å². The fraction of sp³-hybridized carbons (Fsp3) is 0.400. The van der Waals surface area contributed by atoms with Gasteiger partial charge in [-0.2, -0.15) is 4.98 Å². The van der Waals surface area contributed by atoms with Crippen LogP contribution in [0, 0.1) is 0 Å². The lowest BCUT2D eigenvalue weighted by molar-refractivity contribution is 0.308. The molecule has 0 amide bonds. The summed E-state index contributed by atoms with van der Waals surface area (Å²) in [5.74, 6) is 0. The molecule has 0 N–H and O–H groups in total. The van der Waals surface area contributed by atoms with Crippen molar-refractivity contribution in [3.8, 4) is 28.5 Å². The van der Waals surface area contributed by atoms with Gasteiger partial charge in [0.05, 0.1) is 6.61 Å². The summed E-state index contributed by atoms with van der Waals surface area (Å²) in [6.07, 6.45) is 0. The van der Waals surface area contributed by atoms with Crippen LogP contribution in [0.2, 0.25) is 0 Å². The Bertz CT molecular complexity index is 949. The van der Waals surface area contributed by atoms with E-state index >= 15 is 0 Å². The highest BCUT2D eigenvalue weighted by Crippen LogP contribution is 2.31. The second-order valence-corrected chi connectivity index (χ2v) is 7.16.